The van der Waals surface area contributed by atoms with Crippen molar-refractivity contribution < 1.29 is 31.5 Å². The largest absolute Gasteiger partial charge is 0.381 e. The van der Waals surface area contributed by atoms with E-state index in [1.165, 1.54) is 15.8 Å². The molecule has 12 heteroatoms. The first kappa shape index (κ1) is 17.8. The Bertz CT molecular complexity index is 1380. The fraction of sp³-hybridized carbons (Fsp3) is 0.250. The minimum Gasteiger partial charge on any atom is -0.381 e. The molecule has 0 bridgehead atoms. The molecule has 2 heterocycles. The van der Waals surface area contributed by atoms with Gasteiger partial charge in [0.05, 0.1) is 8.25 Å². The lowest BCUT2D eigenvalue weighted by atomic mass is 10.0. The summed E-state index contributed by atoms with van der Waals surface area (Å²) in [5.74, 6) is -5.84. The zero-order valence-electron chi connectivity index (χ0n) is 20.1. The fourth-order valence-electron chi connectivity index (χ4n) is 2.84. The Hall–Kier alpha value is -2.70. The predicted molar refractivity (Wildman–Crippen MR) is 113 cm³/mol. The number of sulfonamides is 1. The summed E-state index contributed by atoms with van der Waals surface area (Å²) in [5, 5.41) is 3.32. The Morgan fingerprint density at radius 2 is 1.72 bits per heavy atom. The molecule has 32 heavy (non-hydrogen) atoms. The van der Waals surface area contributed by atoms with Crippen LogP contribution in [0.1, 0.15) is 23.0 Å². The number of thiazole rings is 1. The van der Waals surface area contributed by atoms with E-state index in [-0.39, 0.29) is 18.9 Å². The fourth-order valence-corrected chi connectivity index (χ4v) is 4.52. The monoisotopic (exact) mass is 490 g/mol. The minimum atomic E-state index is -4.74. The highest BCUT2D eigenvalue weighted by Crippen LogP contribution is 2.27. The van der Waals surface area contributed by atoms with Crippen molar-refractivity contribution in [2.45, 2.75) is 24.3 Å². The van der Waals surface area contributed by atoms with E-state index in [1.807, 2.05) is 10.0 Å². The van der Waals surface area contributed by atoms with Gasteiger partial charge in [-0.25, -0.2) is 31.0 Å². The van der Waals surface area contributed by atoms with Crippen LogP contribution in [0.4, 0.5) is 29.1 Å². The van der Waals surface area contributed by atoms with Crippen molar-refractivity contribution in [3.8, 4) is 0 Å². The quantitative estimate of drug-likeness (QED) is 0.460. The Morgan fingerprint density at radius 1 is 1.06 bits per heavy atom. The van der Waals surface area contributed by atoms with Gasteiger partial charge >= 0.3 is 0 Å². The van der Waals surface area contributed by atoms with Gasteiger partial charge in [-0.15, -0.1) is 11.3 Å². The van der Waals surface area contributed by atoms with Crippen LogP contribution in [0.5, 0.6) is 0 Å². The molecular formula is C20H18F4N4O2S2. The molecule has 0 unspecified atom stereocenters. The second kappa shape index (κ2) is 9.04. The molecule has 0 aliphatic carbocycles. The number of rotatable bonds is 8. The van der Waals surface area contributed by atoms with E-state index in [9.17, 15) is 26.0 Å². The Kier molecular flexibility index (Phi) is 5.03. The molecular weight excluding hydrogens is 468 g/mol. The summed E-state index contributed by atoms with van der Waals surface area (Å²) in [5.41, 5.74) is -1.26. The summed E-state index contributed by atoms with van der Waals surface area (Å²) in [6, 6.07) is 2.21. The van der Waals surface area contributed by atoms with E-state index in [1.54, 1.807) is 0 Å². The first-order chi connectivity index (χ1) is 16.7. The van der Waals surface area contributed by atoms with Crippen LogP contribution in [-0.4, -0.2) is 31.4 Å². The predicted octanol–water partition coefficient (Wildman–Crippen LogP) is 4.32. The lowest BCUT2D eigenvalue weighted by Gasteiger charge is -2.31. The van der Waals surface area contributed by atoms with Gasteiger partial charge in [-0.3, -0.25) is 9.62 Å². The van der Waals surface area contributed by atoms with Crippen molar-refractivity contribution in [3.05, 3.63) is 69.6 Å². The summed E-state index contributed by atoms with van der Waals surface area (Å²) >= 11 is 1.04. The molecule has 1 saturated heterocycles. The van der Waals surface area contributed by atoms with E-state index in [0.717, 1.165) is 11.3 Å². The van der Waals surface area contributed by atoms with Gasteiger partial charge in [0.25, 0.3) is 10.0 Å². The molecule has 170 valence electrons. The number of likely N-dealkylation sites (tertiary alicyclic amines) is 1. The molecule has 0 radical (unpaired) electrons. The van der Waals surface area contributed by atoms with Crippen molar-refractivity contribution in [3.63, 3.8) is 0 Å². The van der Waals surface area contributed by atoms with Crippen LogP contribution in [0, 0.1) is 23.3 Å². The number of nitrogens with zero attached hydrogens (tertiary/aromatic N) is 2. The van der Waals surface area contributed by atoms with Crippen molar-refractivity contribution >= 4 is 32.9 Å². The van der Waals surface area contributed by atoms with Crippen LogP contribution >= 0.6 is 11.3 Å². The van der Waals surface area contributed by atoms with Crippen LogP contribution < -0.4 is 10.0 Å². The van der Waals surface area contributed by atoms with E-state index in [2.05, 4.69) is 4.98 Å². The molecule has 2 N–H and O–H groups in total. The number of benzene rings is 2. The van der Waals surface area contributed by atoms with Crippen LogP contribution in [0.15, 0.2) is 40.1 Å². The van der Waals surface area contributed by atoms with Crippen LogP contribution in [0.2, 0.25) is 0 Å². The smallest absolute Gasteiger partial charge is 0.268 e. The second-order valence-electron chi connectivity index (χ2n) is 6.73. The van der Waals surface area contributed by atoms with Gasteiger partial charge in [0.2, 0.25) is 0 Å². The van der Waals surface area contributed by atoms with Gasteiger partial charge in [0.1, 0.15) is 23.3 Å². The molecule has 0 spiro atoms. The normalized spacial score (nSPS) is 17.0. The molecule has 3 aromatic rings. The number of nitrogens with one attached hydrogen (secondary N) is 2. The van der Waals surface area contributed by atoms with Gasteiger partial charge < -0.3 is 5.32 Å². The molecule has 1 fully saturated rings. The Labute approximate surface area is 191 Å². The van der Waals surface area contributed by atoms with Gasteiger partial charge in [0.15, 0.2) is 10.7 Å². The summed E-state index contributed by atoms with van der Waals surface area (Å²) in [7, 11) is -4.74. The molecule has 0 atom stereocenters. The average molecular weight is 491 g/mol. The maximum atomic E-state index is 14.8. The first-order valence-corrected chi connectivity index (χ1v) is 11.6. The molecule has 2 aromatic carbocycles. The summed E-state index contributed by atoms with van der Waals surface area (Å²) in [6.45, 7) is -5.18. The lowest BCUT2D eigenvalue weighted by Crippen LogP contribution is -2.37. The van der Waals surface area contributed by atoms with Crippen molar-refractivity contribution in [2.75, 3.05) is 23.1 Å². The molecule has 1 aliphatic rings. The maximum absolute atomic E-state index is 14.8. The van der Waals surface area contributed by atoms with Crippen LogP contribution in [-0.2, 0) is 23.0 Å². The SMILES string of the molecule is [2H]C([2H])(Nc1cc(F)c(S(=O)(=O)Nc2cscn2)c(F)c1)c1c(F)ccc(F)c1C([2H])([2H])N1CCC1. The first-order valence-electron chi connectivity index (χ1n) is 11.2. The molecule has 0 saturated carbocycles. The van der Waals surface area contributed by atoms with Gasteiger partial charge in [0, 0.05) is 37.9 Å². The summed E-state index contributed by atoms with van der Waals surface area (Å²) in [4.78, 5) is 3.51. The topological polar surface area (TPSA) is 74.3 Å². The van der Waals surface area contributed by atoms with Crippen molar-refractivity contribution in [1.82, 2.24) is 9.88 Å². The standard InChI is InChI=1S/C20H18F4N4O2S2/c21-15-2-3-16(22)14(9-28-4-1-5-28)13(15)8-25-12-6-17(23)20(18(24)7-12)32(29,30)27-19-10-31-11-26-19/h2-3,6-7,10-11,25,27H,1,4-5,8-9H2/i8D2,9D2. The third-order valence-electron chi connectivity index (χ3n) is 4.50. The highest BCUT2D eigenvalue weighted by molar-refractivity contribution is 7.92. The molecule has 1 aromatic heterocycles. The Balaban J connectivity index is 1.72. The number of halogens is 4. The van der Waals surface area contributed by atoms with E-state index >= 15 is 0 Å². The van der Waals surface area contributed by atoms with Crippen LogP contribution in [0.25, 0.3) is 0 Å². The number of hydrogen-bond acceptors (Lipinski definition) is 6. The summed E-state index contributed by atoms with van der Waals surface area (Å²) < 4.78 is 119. The van der Waals surface area contributed by atoms with E-state index < -0.39 is 68.0 Å². The average Bonchev–Trinajstić information content (AvgIpc) is 3.18. The molecule has 4 rings (SSSR count). The number of hydrogen-bond donors (Lipinski definition) is 2. The molecule has 0 amide bonds. The molecule has 1 aliphatic heterocycles. The minimum absolute atomic E-state index is 0.164. The van der Waals surface area contributed by atoms with Crippen molar-refractivity contribution in [1.29, 1.82) is 0 Å². The number of anilines is 2. The number of aromatic nitrogens is 1. The highest BCUT2D eigenvalue weighted by atomic mass is 32.2. The zero-order valence-corrected chi connectivity index (χ0v) is 17.8. The van der Waals surface area contributed by atoms with Gasteiger partial charge in [-0.05, 0) is 43.8 Å². The van der Waals surface area contributed by atoms with E-state index in [4.69, 9.17) is 5.48 Å². The molecule has 6 nitrogen and oxygen atoms in total. The Morgan fingerprint density at radius 3 is 2.28 bits per heavy atom. The highest BCUT2D eigenvalue weighted by Gasteiger charge is 2.26. The van der Waals surface area contributed by atoms with Gasteiger partial charge in [-0.2, -0.15) is 0 Å². The third-order valence-corrected chi connectivity index (χ3v) is 6.49. The van der Waals surface area contributed by atoms with Crippen LogP contribution in [0.3, 0.4) is 0 Å². The van der Waals surface area contributed by atoms with E-state index in [0.29, 0.717) is 30.7 Å². The van der Waals surface area contributed by atoms with Crippen molar-refractivity contribution in [2.24, 2.45) is 0 Å². The van der Waals surface area contributed by atoms with Gasteiger partial charge in [-0.1, -0.05) is 0 Å². The third kappa shape index (κ3) is 4.71. The zero-order chi connectivity index (χ0) is 26.5. The second-order valence-corrected chi connectivity index (χ2v) is 9.07. The maximum Gasteiger partial charge on any atom is 0.268 e. The summed E-state index contributed by atoms with van der Waals surface area (Å²) in [6.07, 6.45) is 0.613. The lowest BCUT2D eigenvalue weighted by molar-refractivity contribution is 0.169.